The van der Waals surface area contributed by atoms with Crippen molar-refractivity contribution in [3.8, 4) is 5.75 Å². The number of thiol groups is 1. The minimum atomic E-state index is -1.44. The average Bonchev–Trinajstić information content (AvgIpc) is 1.68. The molecular weight excluding hydrogens is 1200 g/mol. The fraction of sp³-hybridized carbons (Fsp3) is 0.643. The Bertz CT molecular complexity index is 2650. The molecule has 1 rings (SSSR count). The normalized spacial score (nSPS) is 14.3. The summed E-state index contributed by atoms with van der Waals surface area (Å²) in [6.45, 7) is 10.1. The van der Waals surface area contributed by atoms with Crippen LogP contribution in [-0.2, 0) is 54.4 Å². The topological polar surface area (TPSA) is 603 Å². The van der Waals surface area contributed by atoms with Gasteiger partial charge >= 0.3 is 5.97 Å². The number of hydrogen-bond acceptors (Lipinski definition) is 17. The Kier molecular flexibility index (Phi) is 37.8. The number of nitrogens with two attached hydrogens (primary N) is 9. The summed E-state index contributed by atoms with van der Waals surface area (Å²) >= 11 is 4.08. The van der Waals surface area contributed by atoms with Crippen molar-refractivity contribution in [1.82, 2.24) is 47.9 Å². The van der Waals surface area contributed by atoms with Crippen LogP contribution in [0.15, 0.2) is 44.2 Å². The molecule has 0 aliphatic carbocycles. The second kappa shape index (κ2) is 42.9. The smallest absolute Gasteiger partial charge is 0.326 e. The monoisotopic (exact) mass is 1300 g/mol. The molecule has 35 heteroatoms. The van der Waals surface area contributed by atoms with Crippen LogP contribution < -0.4 is 99.5 Å². The predicted octanol–water partition coefficient (Wildman–Crippen LogP) is -5.38. The number of guanidine groups is 4. The van der Waals surface area contributed by atoms with E-state index in [1.54, 1.807) is 41.5 Å². The summed E-state index contributed by atoms with van der Waals surface area (Å²) < 4.78 is 0. The summed E-state index contributed by atoms with van der Waals surface area (Å²) in [5.74, 6) is -10.7. The van der Waals surface area contributed by atoms with Crippen molar-refractivity contribution in [2.75, 3.05) is 38.5 Å². The van der Waals surface area contributed by atoms with Crippen molar-refractivity contribution in [2.45, 2.75) is 173 Å². The SMILES string of the molecule is CC[C@H](C)[C@H](NC(=O)[C@H](CCCN=C(N)N)NC(=O)[C@H](CC(C)C)NC(=O)[C@H](Cc1ccc(O)cc1)NC(=O)[C@H](CC(C)C)NC(=O)[C@H](CCCN=C(N)N)NC(=O)[C@@H](N)CS)C(=O)NCC(=O)N[C@@H](CCCN=C(N)N)C(=O)N[C@@H](CCCN=C(N)N)C(=O)O. The number of carbonyl (C=O) groups excluding carboxylic acids is 9. The number of rotatable bonds is 44. The first-order chi connectivity index (χ1) is 42.8. The summed E-state index contributed by atoms with van der Waals surface area (Å²) in [5, 5.41) is 43.5. The molecule has 0 unspecified atom stereocenters. The van der Waals surface area contributed by atoms with Crippen molar-refractivity contribution < 1.29 is 58.2 Å². The summed E-state index contributed by atoms with van der Waals surface area (Å²) in [7, 11) is 0. The van der Waals surface area contributed by atoms with Gasteiger partial charge < -0.3 is 110 Å². The molecule has 29 N–H and O–H groups in total. The van der Waals surface area contributed by atoms with Crippen molar-refractivity contribution in [3.05, 3.63) is 29.8 Å². The first kappa shape index (κ1) is 80.1. The minimum Gasteiger partial charge on any atom is -0.508 e. The Morgan fingerprint density at radius 2 is 0.813 bits per heavy atom. The largest absolute Gasteiger partial charge is 0.508 e. The highest BCUT2D eigenvalue weighted by atomic mass is 32.1. The van der Waals surface area contributed by atoms with Gasteiger partial charge in [0.1, 0.15) is 54.1 Å². The van der Waals surface area contributed by atoms with E-state index in [2.05, 4.69) is 80.4 Å². The van der Waals surface area contributed by atoms with Crippen LogP contribution >= 0.6 is 12.6 Å². The molecule has 0 heterocycles. The molecule has 0 aliphatic heterocycles. The fourth-order valence-corrected chi connectivity index (χ4v) is 8.93. The third-order valence-electron chi connectivity index (χ3n) is 13.8. The van der Waals surface area contributed by atoms with Gasteiger partial charge in [-0.2, -0.15) is 12.6 Å². The van der Waals surface area contributed by atoms with E-state index in [1.807, 2.05) is 0 Å². The van der Waals surface area contributed by atoms with E-state index >= 15 is 0 Å². The lowest BCUT2D eigenvalue weighted by Gasteiger charge is -2.29. The number of nitrogens with one attached hydrogen (secondary N) is 9. The van der Waals surface area contributed by atoms with Gasteiger partial charge in [0, 0.05) is 38.4 Å². The van der Waals surface area contributed by atoms with Gasteiger partial charge in [0.2, 0.25) is 53.2 Å². The lowest BCUT2D eigenvalue weighted by Crippen LogP contribution is -2.61. The number of aliphatic carboxylic acids is 1. The number of phenols is 1. The van der Waals surface area contributed by atoms with Gasteiger partial charge in [-0.15, -0.1) is 0 Å². The van der Waals surface area contributed by atoms with Crippen molar-refractivity contribution >= 4 is 95.6 Å². The number of carbonyl (C=O) groups is 10. The molecule has 0 bridgehead atoms. The predicted molar refractivity (Wildman–Crippen MR) is 348 cm³/mol. The summed E-state index contributed by atoms with van der Waals surface area (Å²) in [5.41, 5.74) is 50.0. The molecule has 0 aromatic heterocycles. The minimum absolute atomic E-state index is 0.00141. The molecule has 34 nitrogen and oxygen atoms in total. The van der Waals surface area contributed by atoms with E-state index in [-0.39, 0.29) is 144 Å². The number of carboxylic acids is 1. The van der Waals surface area contributed by atoms with Crippen LogP contribution in [0, 0.1) is 17.8 Å². The number of amides is 9. The van der Waals surface area contributed by atoms with E-state index in [9.17, 15) is 58.2 Å². The van der Waals surface area contributed by atoms with Crippen molar-refractivity contribution in [1.29, 1.82) is 0 Å². The standard InChI is InChI=1S/C56H100N22O12S/c1-7-31(6)43(51(88)70-27-42(80)71-35(12-8-20-66-53(58)59)45(82)74-38(52(89)90)15-11-23-69-56(64)65)78-47(84)37(14-10-22-68-55(62)63)73-48(85)39(24-29(2)3)76-50(87)41(26-32-16-18-33(79)19-17-32)77-49(86)40(25-30(4)5)75-46(83)36(13-9-21-67-54(60)61)72-44(81)34(57)28-91/h16-19,29-31,34-41,43,79,91H,7-15,20-28,57H2,1-6H3,(H,70,88)(H,71,80)(H,72,81)(H,73,85)(H,74,82)(H,75,83)(H,76,87)(H,77,86)(H,78,84)(H,89,90)(H4,58,59,66)(H4,60,61,67)(H4,62,63,68)(H4,64,65,69)/t31-,34-,35-,36-,37-,38-,39-,40-,41-,43-/m0/s1. The molecule has 91 heavy (non-hydrogen) atoms. The van der Waals surface area contributed by atoms with Crippen LogP contribution in [0.1, 0.15) is 118 Å². The van der Waals surface area contributed by atoms with Gasteiger partial charge in [-0.05, 0) is 99.7 Å². The zero-order chi connectivity index (χ0) is 68.9. The maximum atomic E-state index is 14.7. The first-order valence-electron chi connectivity index (χ1n) is 30.1. The molecule has 0 aliphatic rings. The lowest BCUT2D eigenvalue weighted by atomic mass is 9.97. The van der Waals surface area contributed by atoms with Gasteiger partial charge in [-0.3, -0.25) is 63.1 Å². The third kappa shape index (κ3) is 34.0. The van der Waals surface area contributed by atoms with Crippen LogP contribution in [0.25, 0.3) is 0 Å². The Morgan fingerprint density at radius 1 is 0.473 bits per heavy atom. The van der Waals surface area contributed by atoms with Gasteiger partial charge in [0.05, 0.1) is 12.6 Å². The Morgan fingerprint density at radius 3 is 1.20 bits per heavy atom. The highest BCUT2D eigenvalue weighted by molar-refractivity contribution is 7.80. The number of nitrogens with zero attached hydrogens (tertiary/aromatic N) is 4. The van der Waals surface area contributed by atoms with E-state index in [0.717, 1.165) is 0 Å². The lowest BCUT2D eigenvalue weighted by molar-refractivity contribution is -0.142. The van der Waals surface area contributed by atoms with Crippen LogP contribution in [0.2, 0.25) is 0 Å². The zero-order valence-electron chi connectivity index (χ0n) is 52.9. The second-order valence-corrected chi connectivity index (χ2v) is 23.0. The quantitative estimate of drug-likeness (QED) is 0.0126. The number of hydrogen-bond donors (Lipinski definition) is 21. The summed E-state index contributed by atoms with van der Waals surface area (Å²) in [4.78, 5) is 154. The average molecular weight is 1310 g/mol. The highest BCUT2D eigenvalue weighted by Gasteiger charge is 2.36. The zero-order valence-corrected chi connectivity index (χ0v) is 53.8. The number of phenolic OH excluding ortho intramolecular Hbond substituents is 1. The van der Waals surface area contributed by atoms with Crippen LogP contribution in [0.3, 0.4) is 0 Å². The van der Waals surface area contributed by atoms with Crippen molar-refractivity contribution in [3.63, 3.8) is 0 Å². The Balaban J connectivity index is 3.63. The molecule has 0 spiro atoms. The Labute approximate surface area is 536 Å². The number of aliphatic imine (C=N–C) groups is 4. The molecule has 0 fully saturated rings. The molecule has 0 radical (unpaired) electrons. The van der Waals surface area contributed by atoms with E-state index in [0.29, 0.717) is 12.0 Å². The van der Waals surface area contributed by atoms with E-state index in [1.165, 1.54) is 24.3 Å². The van der Waals surface area contributed by atoms with Gasteiger partial charge in [0.25, 0.3) is 0 Å². The molecule has 1 aromatic rings. The molecule has 0 saturated heterocycles. The Hall–Kier alpha value is -8.89. The summed E-state index contributed by atoms with van der Waals surface area (Å²) in [6.07, 6.45) is 0.688. The van der Waals surface area contributed by atoms with E-state index < -0.39 is 126 Å². The molecular formula is C56H100N22O12S. The molecule has 512 valence electrons. The van der Waals surface area contributed by atoms with Crippen molar-refractivity contribution in [2.24, 2.45) is 89.3 Å². The van der Waals surface area contributed by atoms with Gasteiger partial charge in [-0.1, -0.05) is 60.1 Å². The maximum Gasteiger partial charge on any atom is 0.326 e. The van der Waals surface area contributed by atoms with E-state index in [4.69, 9.17) is 51.6 Å². The summed E-state index contributed by atoms with van der Waals surface area (Å²) in [6, 6.07) is -6.02. The highest BCUT2D eigenvalue weighted by Crippen LogP contribution is 2.16. The van der Waals surface area contributed by atoms with Crippen LogP contribution in [0.5, 0.6) is 5.75 Å². The molecule has 10 atom stereocenters. The van der Waals surface area contributed by atoms with Crippen LogP contribution in [-0.4, -0.2) is 186 Å². The second-order valence-electron chi connectivity index (χ2n) is 22.6. The molecule has 0 saturated carbocycles. The number of aromatic hydroxyl groups is 1. The first-order valence-corrected chi connectivity index (χ1v) is 30.7. The number of benzene rings is 1. The third-order valence-corrected chi connectivity index (χ3v) is 14.1. The number of carboxylic acid groups (broad SMARTS) is 1. The molecule has 1 aromatic carbocycles. The van der Waals surface area contributed by atoms with Crippen LogP contribution in [0.4, 0.5) is 0 Å². The fourth-order valence-electron chi connectivity index (χ4n) is 8.76. The van der Waals surface area contributed by atoms with Gasteiger partial charge in [-0.25, -0.2) is 4.79 Å². The maximum absolute atomic E-state index is 14.7. The van der Waals surface area contributed by atoms with Gasteiger partial charge in [0.15, 0.2) is 23.8 Å². The molecule has 9 amide bonds.